The summed E-state index contributed by atoms with van der Waals surface area (Å²) in [6.07, 6.45) is 1.56. The van der Waals surface area contributed by atoms with Gasteiger partial charge in [0.05, 0.1) is 0 Å². The van der Waals surface area contributed by atoms with Crippen molar-refractivity contribution >= 4 is 23.5 Å². The first kappa shape index (κ1) is 14.1. The molecule has 0 saturated heterocycles. The highest BCUT2D eigenvalue weighted by Crippen LogP contribution is 2.10. The minimum atomic E-state index is -0.995. The number of nitrogens with zero attached hydrogens (tertiary/aromatic N) is 1. The number of aromatic nitrogens is 1. The number of nitrogens with one attached hydrogen (secondary N) is 1. The summed E-state index contributed by atoms with van der Waals surface area (Å²) >= 11 is 5.86. The smallest absolute Gasteiger partial charge is 0.323 e. The minimum Gasteiger partial charge on any atom is -0.480 e. The topological polar surface area (TPSA) is 71.3 Å². The van der Waals surface area contributed by atoms with Crippen LogP contribution in [0.2, 0.25) is 5.02 Å². The lowest BCUT2D eigenvalue weighted by Gasteiger charge is -2.08. The Hall–Kier alpha value is -2.27. The molecule has 1 aromatic heterocycles. The molecule has 0 aliphatic rings. The second-order valence-electron chi connectivity index (χ2n) is 4.23. The van der Waals surface area contributed by atoms with E-state index in [2.05, 4.69) is 5.32 Å². The normalized spacial score (nSPS) is 10.2. The quantitative estimate of drug-likeness (QED) is 0.887. The van der Waals surface area contributed by atoms with E-state index in [0.717, 1.165) is 5.56 Å². The molecule has 5 nitrogen and oxygen atoms in total. The Kier molecular flexibility index (Phi) is 4.42. The summed E-state index contributed by atoms with van der Waals surface area (Å²) < 4.78 is 1.38. The van der Waals surface area contributed by atoms with Gasteiger partial charge in [-0.15, -0.1) is 0 Å². The van der Waals surface area contributed by atoms with Crippen LogP contribution in [0.25, 0.3) is 0 Å². The lowest BCUT2D eigenvalue weighted by Crippen LogP contribution is -2.26. The highest BCUT2D eigenvalue weighted by Gasteiger charge is 2.12. The van der Waals surface area contributed by atoms with Gasteiger partial charge < -0.3 is 15.0 Å². The SMILES string of the molecule is O=C(O)Cn1cccc1C(=O)NCc1cccc(Cl)c1. The van der Waals surface area contributed by atoms with Gasteiger partial charge in [-0.2, -0.15) is 0 Å². The van der Waals surface area contributed by atoms with E-state index in [9.17, 15) is 9.59 Å². The van der Waals surface area contributed by atoms with Gasteiger partial charge in [0.1, 0.15) is 12.2 Å². The number of rotatable bonds is 5. The molecule has 0 unspecified atom stereocenters. The van der Waals surface area contributed by atoms with Crippen LogP contribution in [0.3, 0.4) is 0 Å². The molecule has 0 aliphatic heterocycles. The molecule has 1 heterocycles. The molecule has 0 atom stereocenters. The van der Waals surface area contributed by atoms with Gasteiger partial charge in [-0.1, -0.05) is 23.7 Å². The largest absolute Gasteiger partial charge is 0.480 e. The summed E-state index contributed by atoms with van der Waals surface area (Å²) in [6.45, 7) is 0.0879. The van der Waals surface area contributed by atoms with E-state index in [1.165, 1.54) is 4.57 Å². The first-order valence-corrected chi connectivity index (χ1v) is 6.33. The highest BCUT2D eigenvalue weighted by molar-refractivity contribution is 6.30. The van der Waals surface area contributed by atoms with Crippen LogP contribution in [0.4, 0.5) is 0 Å². The maximum absolute atomic E-state index is 12.0. The van der Waals surface area contributed by atoms with Gasteiger partial charge in [0.15, 0.2) is 0 Å². The summed E-state index contributed by atoms with van der Waals surface area (Å²) in [5.41, 5.74) is 1.19. The van der Waals surface area contributed by atoms with Crippen molar-refractivity contribution in [1.82, 2.24) is 9.88 Å². The van der Waals surface area contributed by atoms with Crippen LogP contribution < -0.4 is 5.32 Å². The van der Waals surface area contributed by atoms with Crippen molar-refractivity contribution in [3.8, 4) is 0 Å². The van der Waals surface area contributed by atoms with Gasteiger partial charge in [0.2, 0.25) is 0 Å². The Balaban J connectivity index is 2.02. The van der Waals surface area contributed by atoms with E-state index in [1.54, 1.807) is 36.5 Å². The number of carboxylic acids is 1. The molecule has 1 amide bonds. The standard InChI is InChI=1S/C14H13ClN2O3/c15-11-4-1-3-10(7-11)8-16-14(20)12-5-2-6-17(12)9-13(18)19/h1-7H,8-9H2,(H,16,20)(H,18,19). The number of hydrogen-bond donors (Lipinski definition) is 2. The highest BCUT2D eigenvalue weighted by atomic mass is 35.5. The molecule has 0 bridgehead atoms. The zero-order valence-electron chi connectivity index (χ0n) is 10.5. The van der Waals surface area contributed by atoms with E-state index < -0.39 is 5.97 Å². The Morgan fingerprint density at radius 2 is 2.05 bits per heavy atom. The monoisotopic (exact) mass is 292 g/mol. The van der Waals surface area contributed by atoms with Crippen molar-refractivity contribution in [3.05, 3.63) is 58.9 Å². The predicted molar refractivity (Wildman–Crippen MR) is 74.7 cm³/mol. The molecule has 0 saturated carbocycles. The maximum Gasteiger partial charge on any atom is 0.323 e. The van der Waals surface area contributed by atoms with Crippen LogP contribution >= 0.6 is 11.6 Å². The fourth-order valence-corrected chi connectivity index (χ4v) is 2.04. The third kappa shape index (κ3) is 3.61. The lowest BCUT2D eigenvalue weighted by atomic mass is 10.2. The molecule has 2 aromatic rings. The van der Waals surface area contributed by atoms with E-state index in [-0.39, 0.29) is 12.5 Å². The third-order valence-electron chi connectivity index (χ3n) is 2.71. The summed E-state index contributed by atoms with van der Waals surface area (Å²) in [5, 5.41) is 12.1. The molecule has 2 rings (SSSR count). The summed E-state index contributed by atoms with van der Waals surface area (Å²) in [5.74, 6) is -1.32. The van der Waals surface area contributed by atoms with Crippen LogP contribution in [0.5, 0.6) is 0 Å². The molecular weight excluding hydrogens is 280 g/mol. The molecule has 1 aromatic carbocycles. The molecule has 0 fully saturated rings. The third-order valence-corrected chi connectivity index (χ3v) is 2.94. The molecule has 2 N–H and O–H groups in total. The van der Waals surface area contributed by atoms with Gasteiger partial charge >= 0.3 is 5.97 Å². The zero-order chi connectivity index (χ0) is 14.5. The fraction of sp³-hybridized carbons (Fsp3) is 0.143. The first-order valence-electron chi connectivity index (χ1n) is 5.96. The fourth-order valence-electron chi connectivity index (χ4n) is 1.82. The number of carboxylic acid groups (broad SMARTS) is 1. The average Bonchev–Trinajstić information content (AvgIpc) is 2.83. The Bertz CT molecular complexity index is 637. The number of halogens is 1. The van der Waals surface area contributed by atoms with Crippen molar-refractivity contribution in [1.29, 1.82) is 0 Å². The second kappa shape index (κ2) is 6.25. The van der Waals surface area contributed by atoms with E-state index >= 15 is 0 Å². The first-order chi connectivity index (χ1) is 9.56. The van der Waals surface area contributed by atoms with Crippen LogP contribution in [0.15, 0.2) is 42.6 Å². The van der Waals surface area contributed by atoms with Gasteiger partial charge in [0, 0.05) is 17.8 Å². The number of hydrogen-bond acceptors (Lipinski definition) is 2. The Morgan fingerprint density at radius 1 is 1.25 bits per heavy atom. The second-order valence-corrected chi connectivity index (χ2v) is 4.66. The molecule has 0 spiro atoms. The van der Waals surface area contributed by atoms with Crippen LogP contribution in [0, 0.1) is 0 Å². The zero-order valence-corrected chi connectivity index (χ0v) is 11.3. The van der Waals surface area contributed by atoms with Crippen molar-refractivity contribution in [3.63, 3.8) is 0 Å². The Morgan fingerprint density at radius 3 is 2.75 bits per heavy atom. The number of carbonyl (C=O) groups is 2. The Labute approximate surface area is 120 Å². The number of carbonyl (C=O) groups excluding carboxylic acids is 1. The van der Waals surface area contributed by atoms with Gasteiger partial charge in [0.25, 0.3) is 5.91 Å². The van der Waals surface area contributed by atoms with Crippen LogP contribution in [-0.4, -0.2) is 21.6 Å². The number of aliphatic carboxylic acids is 1. The van der Waals surface area contributed by atoms with Crippen LogP contribution in [-0.2, 0) is 17.9 Å². The molecule has 0 aliphatic carbocycles. The van der Waals surface area contributed by atoms with Gasteiger partial charge in [-0.05, 0) is 29.8 Å². The molecular formula is C14H13ClN2O3. The molecule has 20 heavy (non-hydrogen) atoms. The predicted octanol–water partition coefficient (Wildman–Crippen LogP) is 2.16. The molecule has 6 heteroatoms. The van der Waals surface area contributed by atoms with Crippen molar-refractivity contribution in [2.75, 3.05) is 0 Å². The van der Waals surface area contributed by atoms with Gasteiger partial charge in [-0.3, -0.25) is 9.59 Å². The van der Waals surface area contributed by atoms with Crippen molar-refractivity contribution < 1.29 is 14.7 Å². The lowest BCUT2D eigenvalue weighted by molar-refractivity contribution is -0.137. The number of amides is 1. The molecule has 104 valence electrons. The van der Waals surface area contributed by atoms with Gasteiger partial charge in [-0.25, -0.2) is 0 Å². The summed E-state index contributed by atoms with van der Waals surface area (Å²) in [4.78, 5) is 22.7. The number of benzene rings is 1. The summed E-state index contributed by atoms with van der Waals surface area (Å²) in [7, 11) is 0. The average molecular weight is 293 g/mol. The van der Waals surface area contributed by atoms with Crippen molar-refractivity contribution in [2.45, 2.75) is 13.1 Å². The summed E-state index contributed by atoms with van der Waals surface area (Å²) in [6, 6.07) is 10.4. The minimum absolute atomic E-state index is 0.243. The maximum atomic E-state index is 12.0. The van der Waals surface area contributed by atoms with E-state index in [1.807, 2.05) is 6.07 Å². The van der Waals surface area contributed by atoms with E-state index in [4.69, 9.17) is 16.7 Å². The van der Waals surface area contributed by atoms with Crippen molar-refractivity contribution in [2.24, 2.45) is 0 Å². The molecule has 0 radical (unpaired) electrons. The van der Waals surface area contributed by atoms with E-state index in [0.29, 0.717) is 17.3 Å². The van der Waals surface area contributed by atoms with Crippen LogP contribution in [0.1, 0.15) is 16.1 Å².